The average Bonchev–Trinajstić information content (AvgIpc) is 3.45. The molecular weight excluding hydrogens is 486 g/mol. The van der Waals surface area contributed by atoms with Gasteiger partial charge in [0.05, 0.1) is 37.4 Å². The SMILES string of the molecule is CCCCCN(CC(=O)O)CC(=O)N1C[C@H](F)C[C@H]1c1cc(C(=O)Nc2ncc(F)s2)c(C)s1. The van der Waals surface area contributed by atoms with Gasteiger partial charge in [-0.25, -0.2) is 9.37 Å². The highest BCUT2D eigenvalue weighted by atomic mass is 32.1. The molecule has 1 fully saturated rings. The van der Waals surface area contributed by atoms with Crippen LogP contribution < -0.4 is 5.32 Å². The van der Waals surface area contributed by atoms with Crippen LogP contribution in [-0.4, -0.2) is 70.0 Å². The number of amides is 2. The smallest absolute Gasteiger partial charge is 0.317 e. The van der Waals surface area contributed by atoms with E-state index in [-0.39, 0.29) is 37.1 Å². The molecule has 2 N–H and O–H groups in total. The van der Waals surface area contributed by atoms with Crippen LogP contribution in [0, 0.1) is 12.1 Å². The normalized spacial score (nSPS) is 18.0. The summed E-state index contributed by atoms with van der Waals surface area (Å²) in [4.78, 5) is 45.1. The Morgan fingerprint density at radius 2 is 2.06 bits per heavy atom. The van der Waals surface area contributed by atoms with Gasteiger partial charge in [-0.15, -0.1) is 11.3 Å². The minimum absolute atomic E-state index is 0.0732. The molecule has 12 heteroatoms. The first-order chi connectivity index (χ1) is 16.2. The number of halogens is 2. The van der Waals surface area contributed by atoms with Crippen LogP contribution in [0.25, 0.3) is 0 Å². The Bertz CT molecular complexity index is 1030. The molecule has 0 spiro atoms. The van der Waals surface area contributed by atoms with E-state index < -0.39 is 29.2 Å². The van der Waals surface area contributed by atoms with Crippen molar-refractivity contribution in [1.29, 1.82) is 0 Å². The average molecular weight is 515 g/mol. The maximum absolute atomic E-state index is 14.4. The summed E-state index contributed by atoms with van der Waals surface area (Å²) in [6.07, 6.45) is 2.59. The molecule has 2 aromatic rings. The topological polar surface area (TPSA) is 103 Å². The molecule has 1 aliphatic heterocycles. The zero-order valence-electron chi connectivity index (χ0n) is 19.1. The van der Waals surface area contributed by atoms with Crippen molar-refractivity contribution in [3.63, 3.8) is 0 Å². The summed E-state index contributed by atoms with van der Waals surface area (Å²) in [5.74, 6) is -1.81. The second-order valence-electron chi connectivity index (χ2n) is 8.25. The molecule has 8 nitrogen and oxygen atoms in total. The lowest BCUT2D eigenvalue weighted by molar-refractivity contribution is -0.140. The molecule has 0 saturated carbocycles. The summed E-state index contributed by atoms with van der Waals surface area (Å²) in [5.41, 5.74) is 0.359. The lowest BCUT2D eigenvalue weighted by Gasteiger charge is -2.27. The fourth-order valence-electron chi connectivity index (χ4n) is 3.97. The van der Waals surface area contributed by atoms with Gasteiger partial charge in [0.25, 0.3) is 5.91 Å². The van der Waals surface area contributed by atoms with Gasteiger partial charge in [-0.1, -0.05) is 31.1 Å². The number of unbranched alkanes of at least 4 members (excludes halogenated alkanes) is 2. The summed E-state index contributed by atoms with van der Waals surface area (Å²) in [6.45, 7) is 3.83. The van der Waals surface area contributed by atoms with E-state index in [2.05, 4.69) is 10.3 Å². The second-order valence-corrected chi connectivity index (χ2v) is 10.5. The maximum Gasteiger partial charge on any atom is 0.317 e. The molecule has 34 heavy (non-hydrogen) atoms. The number of carboxylic acids is 1. The second kappa shape index (κ2) is 11.8. The predicted molar refractivity (Wildman–Crippen MR) is 127 cm³/mol. The van der Waals surface area contributed by atoms with Gasteiger partial charge in [0, 0.05) is 16.2 Å². The number of likely N-dealkylation sites (tertiary alicyclic amines) is 1. The molecule has 1 saturated heterocycles. The fourth-order valence-corrected chi connectivity index (χ4v) is 5.67. The van der Waals surface area contributed by atoms with Gasteiger partial charge in [-0.2, -0.15) is 4.39 Å². The first kappa shape index (κ1) is 26.2. The summed E-state index contributed by atoms with van der Waals surface area (Å²) in [6, 6.07) is 1.10. The number of thiophene rings is 1. The van der Waals surface area contributed by atoms with E-state index >= 15 is 0 Å². The first-order valence-corrected chi connectivity index (χ1v) is 12.7. The number of carbonyl (C=O) groups is 3. The number of aryl methyl sites for hydroxylation is 1. The molecular formula is C22H28F2N4O4S2. The van der Waals surface area contributed by atoms with Crippen molar-refractivity contribution in [1.82, 2.24) is 14.8 Å². The van der Waals surface area contributed by atoms with Crippen LogP contribution in [-0.2, 0) is 9.59 Å². The molecule has 3 rings (SSSR count). The van der Waals surface area contributed by atoms with E-state index in [1.165, 1.54) is 16.2 Å². The number of anilines is 1. The minimum Gasteiger partial charge on any atom is -0.480 e. The van der Waals surface area contributed by atoms with Crippen molar-refractivity contribution in [2.45, 2.75) is 51.7 Å². The Balaban J connectivity index is 1.72. The lowest BCUT2D eigenvalue weighted by Crippen LogP contribution is -2.42. The molecule has 2 amide bonds. The summed E-state index contributed by atoms with van der Waals surface area (Å²) < 4.78 is 27.6. The Morgan fingerprint density at radius 1 is 1.29 bits per heavy atom. The first-order valence-electron chi connectivity index (χ1n) is 11.1. The molecule has 0 bridgehead atoms. The van der Waals surface area contributed by atoms with Crippen LogP contribution in [0.2, 0.25) is 0 Å². The number of aliphatic carboxylic acids is 1. The molecule has 186 valence electrons. The van der Waals surface area contributed by atoms with Crippen molar-refractivity contribution in [2.75, 3.05) is 31.5 Å². The van der Waals surface area contributed by atoms with Crippen molar-refractivity contribution in [3.05, 3.63) is 32.7 Å². The van der Waals surface area contributed by atoms with Crippen LogP contribution in [0.1, 0.15) is 58.8 Å². The van der Waals surface area contributed by atoms with Crippen molar-refractivity contribution >= 4 is 45.6 Å². The molecule has 0 unspecified atom stereocenters. The molecule has 2 aromatic heterocycles. The summed E-state index contributed by atoms with van der Waals surface area (Å²) in [7, 11) is 0. The highest BCUT2D eigenvalue weighted by Crippen LogP contribution is 2.39. The standard InChI is InChI=1S/C22H28F2N4O4S2/c1-3-4-5-6-27(12-20(30)31)11-19(29)28-10-14(23)7-16(28)17-8-15(13(2)33-17)21(32)26-22-25-9-18(24)34-22/h8-9,14,16H,3-7,10-12H2,1-2H3,(H,30,31)(H,25,26,32)/t14-,16+/m1/s1. The number of rotatable bonds is 11. The van der Waals surface area contributed by atoms with Crippen LogP contribution in [0.5, 0.6) is 0 Å². The number of alkyl halides is 1. The zero-order valence-corrected chi connectivity index (χ0v) is 20.7. The van der Waals surface area contributed by atoms with E-state index in [1.54, 1.807) is 17.9 Å². The zero-order chi connectivity index (χ0) is 24.8. The number of thiazole rings is 1. The molecule has 0 aliphatic carbocycles. The Hall–Kier alpha value is -2.44. The largest absolute Gasteiger partial charge is 0.480 e. The van der Waals surface area contributed by atoms with E-state index in [9.17, 15) is 28.3 Å². The van der Waals surface area contributed by atoms with Crippen LogP contribution in [0.3, 0.4) is 0 Å². The molecule has 0 aromatic carbocycles. The number of nitrogens with zero attached hydrogens (tertiary/aromatic N) is 3. The molecule has 0 radical (unpaired) electrons. The van der Waals surface area contributed by atoms with Crippen LogP contribution in [0.4, 0.5) is 13.9 Å². The van der Waals surface area contributed by atoms with Gasteiger partial charge >= 0.3 is 5.97 Å². The van der Waals surface area contributed by atoms with Gasteiger partial charge in [0.15, 0.2) is 10.3 Å². The highest BCUT2D eigenvalue weighted by molar-refractivity contribution is 7.14. The third-order valence-electron chi connectivity index (χ3n) is 5.57. The van der Waals surface area contributed by atoms with Gasteiger partial charge in [-0.3, -0.25) is 24.6 Å². The van der Waals surface area contributed by atoms with Crippen molar-refractivity contribution < 1.29 is 28.3 Å². The van der Waals surface area contributed by atoms with E-state index in [1.807, 2.05) is 6.92 Å². The highest BCUT2D eigenvalue weighted by Gasteiger charge is 2.38. The number of carbonyl (C=O) groups excluding carboxylic acids is 2. The van der Waals surface area contributed by atoms with Crippen molar-refractivity contribution in [3.8, 4) is 0 Å². The molecule has 2 atom stereocenters. The predicted octanol–water partition coefficient (Wildman–Crippen LogP) is 4.09. The number of nitrogens with one attached hydrogen (secondary N) is 1. The van der Waals surface area contributed by atoms with E-state index in [0.29, 0.717) is 33.2 Å². The number of hydrogen-bond acceptors (Lipinski definition) is 7. The lowest BCUT2D eigenvalue weighted by atomic mass is 10.1. The summed E-state index contributed by atoms with van der Waals surface area (Å²) >= 11 is 2.02. The Labute approximate surface area is 204 Å². The van der Waals surface area contributed by atoms with Crippen LogP contribution >= 0.6 is 22.7 Å². The van der Waals surface area contributed by atoms with Gasteiger partial charge in [0.1, 0.15) is 6.17 Å². The Morgan fingerprint density at radius 3 is 2.71 bits per heavy atom. The fraction of sp³-hybridized carbons (Fsp3) is 0.545. The van der Waals surface area contributed by atoms with Gasteiger partial charge in [0.2, 0.25) is 5.91 Å². The minimum atomic E-state index is -1.21. The third-order valence-corrected chi connectivity index (χ3v) is 7.43. The summed E-state index contributed by atoms with van der Waals surface area (Å²) in [5, 5.41) is 11.4. The van der Waals surface area contributed by atoms with E-state index in [4.69, 9.17) is 0 Å². The molecule has 3 heterocycles. The van der Waals surface area contributed by atoms with Gasteiger partial charge < -0.3 is 10.0 Å². The molecule has 1 aliphatic rings. The van der Waals surface area contributed by atoms with Crippen LogP contribution in [0.15, 0.2) is 12.3 Å². The third kappa shape index (κ3) is 6.80. The Kier molecular flexibility index (Phi) is 9.09. The number of hydrogen-bond donors (Lipinski definition) is 2. The number of aromatic nitrogens is 1. The van der Waals surface area contributed by atoms with Gasteiger partial charge in [-0.05, 0) is 26.0 Å². The van der Waals surface area contributed by atoms with Crippen molar-refractivity contribution in [2.24, 2.45) is 0 Å². The maximum atomic E-state index is 14.4. The number of carboxylic acid groups (broad SMARTS) is 1. The van der Waals surface area contributed by atoms with E-state index in [0.717, 1.165) is 25.5 Å². The monoisotopic (exact) mass is 514 g/mol. The quantitative estimate of drug-likeness (QED) is 0.438.